The Morgan fingerprint density at radius 3 is 2.05 bits per heavy atom. The molecule has 0 fully saturated rings. The molecule has 0 saturated heterocycles. The maximum atomic E-state index is 4.16. The molecule has 0 bridgehead atoms. The fraction of sp³-hybridized carbons (Fsp3) is 0.889. The molecule has 21 heavy (non-hydrogen) atoms. The maximum absolute atomic E-state index is 4.16. The first-order valence-corrected chi connectivity index (χ1v) is 9.11. The molecular formula is C18H39N3. The van der Waals surface area contributed by atoms with Gasteiger partial charge in [0.15, 0.2) is 0 Å². The van der Waals surface area contributed by atoms with Crippen LogP contribution in [0.15, 0.2) is 6.20 Å². The molecule has 0 unspecified atom stereocenters. The van der Waals surface area contributed by atoms with E-state index in [9.17, 15) is 0 Å². The lowest BCUT2D eigenvalue weighted by Gasteiger charge is -2.03. The Balaban J connectivity index is 0. The highest BCUT2D eigenvalue weighted by Gasteiger charge is 1.99. The maximum Gasteiger partial charge on any atom is 0.0827 e. The second kappa shape index (κ2) is 17.2. The second-order valence-corrected chi connectivity index (χ2v) is 5.27. The predicted octanol–water partition coefficient (Wildman–Crippen LogP) is 5.89. The van der Waals surface area contributed by atoms with E-state index in [2.05, 4.69) is 37.3 Å². The Morgan fingerprint density at radius 2 is 1.52 bits per heavy atom. The largest absolute Gasteiger partial charge is 0.253 e. The minimum Gasteiger partial charge on any atom is -0.253 e. The van der Waals surface area contributed by atoms with Crippen LogP contribution in [0.5, 0.6) is 0 Å². The standard InChI is InChI=1S/C14H27N3.2C2H6/c1-4-17-12-14(15-16-17)11-9-7-5-6-8-10-13(2)3;2*1-2/h12-13H,4-11H2,1-3H3;2*1-2H3. The van der Waals surface area contributed by atoms with Crippen LogP contribution in [0.2, 0.25) is 0 Å². The van der Waals surface area contributed by atoms with E-state index in [4.69, 9.17) is 0 Å². The molecule has 1 aromatic heterocycles. The molecule has 1 rings (SSSR count). The van der Waals surface area contributed by atoms with Gasteiger partial charge in [-0.3, -0.25) is 4.68 Å². The number of aryl methyl sites for hydroxylation is 2. The zero-order valence-electron chi connectivity index (χ0n) is 15.7. The van der Waals surface area contributed by atoms with E-state index in [1.54, 1.807) is 0 Å². The molecule has 0 saturated carbocycles. The van der Waals surface area contributed by atoms with Crippen molar-refractivity contribution in [3.05, 3.63) is 11.9 Å². The van der Waals surface area contributed by atoms with Gasteiger partial charge in [-0.2, -0.15) is 0 Å². The van der Waals surface area contributed by atoms with Gasteiger partial charge in [0.25, 0.3) is 0 Å². The Hall–Kier alpha value is -0.860. The summed E-state index contributed by atoms with van der Waals surface area (Å²) in [5.74, 6) is 0.860. The molecule has 0 aliphatic carbocycles. The van der Waals surface area contributed by atoms with Crippen LogP contribution in [0.1, 0.15) is 92.7 Å². The smallest absolute Gasteiger partial charge is 0.0827 e. The molecule has 0 radical (unpaired) electrons. The SMILES string of the molecule is CC.CC.CCn1cc(CCCCCCCC(C)C)nn1. The third-order valence-corrected chi connectivity index (χ3v) is 3.12. The Morgan fingerprint density at radius 1 is 0.952 bits per heavy atom. The molecule has 126 valence electrons. The number of rotatable bonds is 9. The van der Waals surface area contributed by atoms with E-state index in [-0.39, 0.29) is 0 Å². The third kappa shape index (κ3) is 13.9. The van der Waals surface area contributed by atoms with Crippen molar-refractivity contribution in [3.63, 3.8) is 0 Å². The zero-order valence-corrected chi connectivity index (χ0v) is 15.7. The molecule has 0 spiro atoms. The quantitative estimate of drug-likeness (QED) is 0.532. The van der Waals surface area contributed by atoms with Crippen molar-refractivity contribution in [1.29, 1.82) is 0 Å². The van der Waals surface area contributed by atoms with Crippen LogP contribution in [0.25, 0.3) is 0 Å². The van der Waals surface area contributed by atoms with Crippen LogP contribution in [0.3, 0.4) is 0 Å². The number of nitrogens with zero attached hydrogens (tertiary/aromatic N) is 3. The normalized spacial score (nSPS) is 9.71. The van der Waals surface area contributed by atoms with Gasteiger partial charge < -0.3 is 0 Å². The van der Waals surface area contributed by atoms with Gasteiger partial charge in [-0.05, 0) is 25.7 Å². The van der Waals surface area contributed by atoms with Crippen molar-refractivity contribution in [2.45, 2.75) is 100.0 Å². The average molecular weight is 298 g/mol. The Labute approximate surface area is 133 Å². The van der Waals surface area contributed by atoms with E-state index in [1.807, 2.05) is 32.4 Å². The zero-order chi connectivity index (χ0) is 16.5. The summed E-state index contributed by atoms with van der Waals surface area (Å²) >= 11 is 0. The number of hydrogen-bond donors (Lipinski definition) is 0. The topological polar surface area (TPSA) is 30.7 Å². The van der Waals surface area contributed by atoms with Gasteiger partial charge in [0.2, 0.25) is 0 Å². The second-order valence-electron chi connectivity index (χ2n) is 5.27. The number of unbranched alkanes of at least 4 members (excludes halogenated alkanes) is 4. The van der Waals surface area contributed by atoms with Gasteiger partial charge in [-0.25, -0.2) is 0 Å². The Bertz CT molecular complexity index is 292. The molecule has 1 aromatic rings. The van der Waals surface area contributed by atoms with Crippen molar-refractivity contribution in [2.75, 3.05) is 0 Å². The van der Waals surface area contributed by atoms with Crippen LogP contribution in [0, 0.1) is 5.92 Å². The lowest BCUT2D eigenvalue weighted by Crippen LogP contribution is -1.93. The summed E-state index contributed by atoms with van der Waals surface area (Å²) in [5.41, 5.74) is 1.15. The molecule has 0 N–H and O–H groups in total. The summed E-state index contributed by atoms with van der Waals surface area (Å²) in [6.07, 6.45) is 11.3. The Kier molecular flexibility index (Phi) is 18.4. The van der Waals surface area contributed by atoms with Crippen LogP contribution in [-0.4, -0.2) is 15.0 Å². The van der Waals surface area contributed by atoms with E-state index in [1.165, 1.54) is 38.5 Å². The molecular weight excluding hydrogens is 258 g/mol. The number of aromatic nitrogens is 3. The highest BCUT2D eigenvalue weighted by Crippen LogP contribution is 2.11. The summed E-state index contributed by atoms with van der Waals surface area (Å²) in [6, 6.07) is 0. The van der Waals surface area contributed by atoms with Crippen molar-refractivity contribution in [3.8, 4) is 0 Å². The summed E-state index contributed by atoms with van der Waals surface area (Å²) in [5, 5.41) is 8.21. The van der Waals surface area contributed by atoms with Gasteiger partial charge in [-0.1, -0.05) is 78.9 Å². The monoisotopic (exact) mass is 297 g/mol. The lowest BCUT2D eigenvalue weighted by atomic mass is 10.0. The first kappa shape index (κ1) is 22.4. The molecule has 3 nitrogen and oxygen atoms in total. The molecule has 3 heteroatoms. The number of hydrogen-bond acceptors (Lipinski definition) is 2. The molecule has 0 aliphatic rings. The van der Waals surface area contributed by atoms with Crippen molar-refractivity contribution < 1.29 is 0 Å². The molecule has 0 aliphatic heterocycles. The fourth-order valence-corrected chi connectivity index (χ4v) is 2.00. The van der Waals surface area contributed by atoms with Crippen LogP contribution in [0.4, 0.5) is 0 Å². The van der Waals surface area contributed by atoms with Gasteiger partial charge in [-0.15, -0.1) is 5.10 Å². The summed E-state index contributed by atoms with van der Waals surface area (Å²) in [6.45, 7) is 15.6. The molecule has 0 aromatic carbocycles. The lowest BCUT2D eigenvalue weighted by molar-refractivity contribution is 0.514. The first-order chi connectivity index (χ1) is 10.2. The van der Waals surface area contributed by atoms with E-state index >= 15 is 0 Å². The summed E-state index contributed by atoms with van der Waals surface area (Å²) in [7, 11) is 0. The van der Waals surface area contributed by atoms with Gasteiger partial charge in [0, 0.05) is 12.7 Å². The van der Waals surface area contributed by atoms with E-state index < -0.39 is 0 Å². The highest BCUT2D eigenvalue weighted by atomic mass is 15.4. The van der Waals surface area contributed by atoms with Crippen LogP contribution in [-0.2, 0) is 13.0 Å². The third-order valence-electron chi connectivity index (χ3n) is 3.12. The molecule has 0 atom stereocenters. The summed E-state index contributed by atoms with van der Waals surface area (Å²) in [4.78, 5) is 0. The minimum atomic E-state index is 0.860. The van der Waals surface area contributed by atoms with Gasteiger partial charge in [0.05, 0.1) is 5.69 Å². The van der Waals surface area contributed by atoms with E-state index in [0.717, 1.165) is 24.6 Å². The average Bonchev–Trinajstić information content (AvgIpc) is 2.98. The van der Waals surface area contributed by atoms with Gasteiger partial charge in [0.1, 0.15) is 0 Å². The van der Waals surface area contributed by atoms with Crippen LogP contribution < -0.4 is 0 Å². The predicted molar refractivity (Wildman–Crippen MR) is 94.6 cm³/mol. The van der Waals surface area contributed by atoms with Crippen molar-refractivity contribution >= 4 is 0 Å². The molecule has 1 heterocycles. The fourth-order valence-electron chi connectivity index (χ4n) is 2.00. The van der Waals surface area contributed by atoms with Gasteiger partial charge >= 0.3 is 0 Å². The highest BCUT2D eigenvalue weighted by molar-refractivity contribution is 4.91. The van der Waals surface area contributed by atoms with Crippen LogP contribution >= 0.6 is 0 Å². The minimum absolute atomic E-state index is 0.860. The van der Waals surface area contributed by atoms with Crippen molar-refractivity contribution in [1.82, 2.24) is 15.0 Å². The van der Waals surface area contributed by atoms with E-state index in [0.29, 0.717) is 0 Å². The first-order valence-electron chi connectivity index (χ1n) is 9.11. The summed E-state index contributed by atoms with van der Waals surface area (Å²) < 4.78 is 1.90. The molecule has 0 amide bonds. The van der Waals surface area contributed by atoms with Crippen molar-refractivity contribution in [2.24, 2.45) is 5.92 Å².